The molecule has 2 aliphatic rings. The van der Waals surface area contributed by atoms with Gasteiger partial charge in [-0.2, -0.15) is 0 Å². The Hall–Kier alpha value is -2.21. The van der Waals surface area contributed by atoms with Crippen molar-refractivity contribution in [3.8, 4) is 11.5 Å². The predicted octanol–water partition coefficient (Wildman–Crippen LogP) is 4.15. The Labute approximate surface area is 138 Å². The van der Waals surface area contributed by atoms with Crippen molar-refractivity contribution in [1.29, 1.82) is 0 Å². The molecule has 1 aromatic heterocycles. The van der Waals surface area contributed by atoms with Gasteiger partial charge in [0.1, 0.15) is 0 Å². The van der Waals surface area contributed by atoms with Crippen LogP contribution in [0.2, 0.25) is 0 Å². The molecule has 6 heteroatoms. The number of anilines is 1. The van der Waals surface area contributed by atoms with Gasteiger partial charge < -0.3 is 19.7 Å². The van der Waals surface area contributed by atoms with E-state index in [9.17, 15) is 4.79 Å². The zero-order valence-corrected chi connectivity index (χ0v) is 13.7. The lowest BCUT2D eigenvalue weighted by Crippen LogP contribution is -2.34. The summed E-state index contributed by atoms with van der Waals surface area (Å²) in [4.78, 5) is 15.9. The van der Waals surface area contributed by atoms with Crippen molar-refractivity contribution >= 4 is 23.1 Å². The number of carbonyl (C=O) groups is 1. The summed E-state index contributed by atoms with van der Waals surface area (Å²) in [5.41, 5.74) is 1.74. The van der Waals surface area contributed by atoms with E-state index in [1.165, 1.54) is 4.88 Å². The number of aryl methyl sites for hydroxylation is 1. The Morgan fingerprint density at radius 2 is 2.17 bits per heavy atom. The number of amides is 2. The molecule has 4 rings (SSSR count). The van der Waals surface area contributed by atoms with Gasteiger partial charge in [-0.25, -0.2) is 4.79 Å². The highest BCUT2D eigenvalue weighted by molar-refractivity contribution is 7.10. The molecule has 0 spiro atoms. The largest absolute Gasteiger partial charge is 0.454 e. The van der Waals surface area contributed by atoms with Gasteiger partial charge >= 0.3 is 6.03 Å². The van der Waals surface area contributed by atoms with Crippen molar-refractivity contribution < 1.29 is 14.3 Å². The molecular formula is C17H18N2O3S. The third kappa shape index (κ3) is 2.63. The average molecular weight is 330 g/mol. The molecule has 0 saturated carbocycles. The topological polar surface area (TPSA) is 50.8 Å². The smallest absolute Gasteiger partial charge is 0.322 e. The normalized spacial score (nSPS) is 19.2. The van der Waals surface area contributed by atoms with Crippen LogP contribution in [0.15, 0.2) is 29.6 Å². The maximum Gasteiger partial charge on any atom is 0.322 e. The molecule has 120 valence electrons. The van der Waals surface area contributed by atoms with Gasteiger partial charge in [-0.05, 0) is 42.8 Å². The zero-order valence-electron chi connectivity index (χ0n) is 12.9. The van der Waals surface area contributed by atoms with Crippen molar-refractivity contribution in [2.24, 2.45) is 0 Å². The third-order valence-corrected chi connectivity index (χ3v) is 5.32. The summed E-state index contributed by atoms with van der Waals surface area (Å²) in [5, 5.41) is 5.09. The molecule has 2 aromatic rings. The van der Waals surface area contributed by atoms with E-state index in [0.29, 0.717) is 5.75 Å². The van der Waals surface area contributed by atoms with Crippen LogP contribution in [0.3, 0.4) is 0 Å². The number of ether oxygens (including phenoxy) is 2. The lowest BCUT2D eigenvalue weighted by atomic mass is 10.1. The number of benzene rings is 1. The van der Waals surface area contributed by atoms with Gasteiger partial charge in [0.05, 0.1) is 6.04 Å². The Morgan fingerprint density at radius 1 is 1.35 bits per heavy atom. The SMILES string of the molecule is Cc1cc2c(cc1NC(=O)N1CCCC1c1cccs1)OCO2. The Morgan fingerprint density at radius 3 is 2.96 bits per heavy atom. The fraction of sp³-hybridized carbons (Fsp3) is 0.353. The number of hydrogen-bond donors (Lipinski definition) is 1. The minimum absolute atomic E-state index is 0.0529. The first-order valence-electron chi connectivity index (χ1n) is 7.73. The number of likely N-dealkylation sites (tertiary alicyclic amines) is 1. The van der Waals surface area contributed by atoms with E-state index in [0.717, 1.165) is 36.4 Å². The van der Waals surface area contributed by atoms with E-state index in [1.54, 1.807) is 11.3 Å². The second-order valence-corrected chi connectivity index (χ2v) is 6.80. The van der Waals surface area contributed by atoms with Crippen molar-refractivity contribution in [2.75, 3.05) is 18.7 Å². The summed E-state index contributed by atoms with van der Waals surface area (Å²) in [6.45, 7) is 2.98. The molecule has 0 bridgehead atoms. The van der Waals surface area contributed by atoms with E-state index in [1.807, 2.05) is 30.0 Å². The number of fused-ring (bicyclic) bond motifs is 1. The van der Waals surface area contributed by atoms with Gasteiger partial charge in [0.25, 0.3) is 0 Å². The van der Waals surface area contributed by atoms with Crippen LogP contribution in [-0.4, -0.2) is 24.3 Å². The van der Waals surface area contributed by atoms with E-state index >= 15 is 0 Å². The van der Waals surface area contributed by atoms with E-state index in [-0.39, 0.29) is 18.9 Å². The predicted molar refractivity (Wildman–Crippen MR) is 89.3 cm³/mol. The molecule has 23 heavy (non-hydrogen) atoms. The van der Waals surface area contributed by atoms with Crippen LogP contribution in [0.4, 0.5) is 10.5 Å². The Balaban J connectivity index is 1.54. The molecule has 1 saturated heterocycles. The van der Waals surface area contributed by atoms with Crippen LogP contribution in [0.1, 0.15) is 29.3 Å². The molecular weight excluding hydrogens is 312 g/mol. The number of nitrogens with zero attached hydrogens (tertiary/aromatic N) is 1. The second-order valence-electron chi connectivity index (χ2n) is 5.82. The standard InChI is InChI=1S/C17H18N2O3S/c1-11-8-14-15(22-10-21-14)9-12(11)18-17(20)19-6-2-4-13(19)16-5-3-7-23-16/h3,5,7-9,13H,2,4,6,10H2,1H3,(H,18,20). The zero-order chi connectivity index (χ0) is 15.8. The Kier molecular flexibility index (Phi) is 3.61. The van der Waals surface area contributed by atoms with Crippen LogP contribution in [0.25, 0.3) is 0 Å². The van der Waals surface area contributed by atoms with E-state index < -0.39 is 0 Å². The molecule has 1 aromatic carbocycles. The highest BCUT2D eigenvalue weighted by Gasteiger charge is 2.31. The maximum atomic E-state index is 12.7. The molecule has 2 aliphatic heterocycles. The number of urea groups is 1. The molecule has 0 aliphatic carbocycles. The summed E-state index contributed by atoms with van der Waals surface area (Å²) < 4.78 is 10.8. The fourth-order valence-electron chi connectivity index (χ4n) is 3.15. The van der Waals surface area contributed by atoms with E-state index in [4.69, 9.17) is 9.47 Å². The minimum Gasteiger partial charge on any atom is -0.454 e. The third-order valence-electron chi connectivity index (χ3n) is 4.35. The molecule has 0 radical (unpaired) electrons. The highest BCUT2D eigenvalue weighted by atomic mass is 32.1. The number of nitrogens with one attached hydrogen (secondary N) is 1. The molecule has 3 heterocycles. The number of carbonyl (C=O) groups excluding carboxylic acids is 1. The van der Waals surface area contributed by atoms with Crippen LogP contribution >= 0.6 is 11.3 Å². The summed E-state index contributed by atoms with van der Waals surface area (Å²) in [5.74, 6) is 1.42. The quantitative estimate of drug-likeness (QED) is 0.900. The van der Waals surface area contributed by atoms with Gasteiger partial charge in [-0.1, -0.05) is 6.07 Å². The summed E-state index contributed by atoms with van der Waals surface area (Å²) >= 11 is 1.71. The summed E-state index contributed by atoms with van der Waals surface area (Å²) in [6.07, 6.45) is 2.06. The first-order chi connectivity index (χ1) is 11.2. The summed E-state index contributed by atoms with van der Waals surface area (Å²) in [7, 11) is 0. The molecule has 1 fully saturated rings. The van der Waals surface area contributed by atoms with Gasteiger partial charge in [0, 0.05) is 23.2 Å². The first kappa shape index (κ1) is 14.4. The van der Waals surface area contributed by atoms with Gasteiger partial charge in [0.15, 0.2) is 11.5 Å². The molecule has 1 N–H and O–H groups in total. The van der Waals surface area contributed by atoms with Gasteiger partial charge in [-0.15, -0.1) is 11.3 Å². The van der Waals surface area contributed by atoms with Crippen LogP contribution < -0.4 is 14.8 Å². The van der Waals surface area contributed by atoms with Gasteiger partial charge in [-0.3, -0.25) is 0 Å². The average Bonchev–Trinajstić information content (AvgIpc) is 3.27. The van der Waals surface area contributed by atoms with Crippen molar-refractivity contribution in [1.82, 2.24) is 4.90 Å². The number of hydrogen-bond acceptors (Lipinski definition) is 4. The number of rotatable bonds is 2. The summed E-state index contributed by atoms with van der Waals surface area (Å²) in [6, 6.07) is 8.01. The fourth-order valence-corrected chi connectivity index (χ4v) is 4.03. The second kappa shape index (κ2) is 5.77. The van der Waals surface area contributed by atoms with Gasteiger partial charge in [0.2, 0.25) is 6.79 Å². The number of thiophene rings is 1. The van der Waals surface area contributed by atoms with Crippen molar-refractivity contribution in [3.63, 3.8) is 0 Å². The lowest BCUT2D eigenvalue weighted by Gasteiger charge is -2.24. The maximum absolute atomic E-state index is 12.7. The molecule has 1 atom stereocenters. The molecule has 1 unspecified atom stereocenters. The van der Waals surface area contributed by atoms with Crippen molar-refractivity contribution in [2.45, 2.75) is 25.8 Å². The minimum atomic E-state index is -0.0529. The van der Waals surface area contributed by atoms with Crippen LogP contribution in [-0.2, 0) is 0 Å². The van der Waals surface area contributed by atoms with E-state index in [2.05, 4.69) is 16.8 Å². The van der Waals surface area contributed by atoms with Crippen molar-refractivity contribution in [3.05, 3.63) is 40.1 Å². The van der Waals surface area contributed by atoms with Crippen LogP contribution in [0.5, 0.6) is 11.5 Å². The highest BCUT2D eigenvalue weighted by Crippen LogP contribution is 2.38. The van der Waals surface area contributed by atoms with Crippen LogP contribution in [0, 0.1) is 6.92 Å². The molecule has 2 amide bonds. The monoisotopic (exact) mass is 330 g/mol. The molecule has 5 nitrogen and oxygen atoms in total. The first-order valence-corrected chi connectivity index (χ1v) is 8.61. The Bertz CT molecular complexity index is 730. The lowest BCUT2D eigenvalue weighted by molar-refractivity contribution is 0.174.